The van der Waals surface area contributed by atoms with Gasteiger partial charge in [-0.05, 0) is 157 Å². The standard InChI is InChI=1S/C53H41N/c1-36-33-41-13-5-6-14-42(41)34-52(36)40-23-30-46(31-24-40)54(44-26-19-38(20-27-44)37-11-3-2-4-12-37)45-28-21-39(22-29-45)43-25-32-51-49-17-8-7-15-47(49)48-16-9-10-18-50(48)53(51)35-43/h2-4,7-12,15-35H,5-6,13-14H2,1H3. The molecule has 0 heterocycles. The molecule has 10 rings (SSSR count). The van der Waals surface area contributed by atoms with Gasteiger partial charge in [-0.2, -0.15) is 0 Å². The fourth-order valence-corrected chi connectivity index (χ4v) is 8.78. The van der Waals surface area contributed by atoms with Crippen LogP contribution in [0.15, 0.2) is 182 Å². The van der Waals surface area contributed by atoms with Crippen molar-refractivity contribution in [2.75, 3.05) is 4.90 Å². The molecule has 0 aromatic heterocycles. The van der Waals surface area contributed by atoms with Crippen LogP contribution >= 0.6 is 0 Å². The van der Waals surface area contributed by atoms with Gasteiger partial charge in [-0.25, -0.2) is 0 Å². The van der Waals surface area contributed by atoms with Gasteiger partial charge < -0.3 is 4.90 Å². The molecule has 0 fully saturated rings. The van der Waals surface area contributed by atoms with Crippen LogP contribution in [0.3, 0.4) is 0 Å². The summed E-state index contributed by atoms with van der Waals surface area (Å²) in [4.78, 5) is 2.38. The van der Waals surface area contributed by atoms with Gasteiger partial charge in [0.1, 0.15) is 0 Å². The molecule has 0 unspecified atom stereocenters. The molecule has 258 valence electrons. The molecule has 1 aliphatic carbocycles. The van der Waals surface area contributed by atoms with E-state index in [-0.39, 0.29) is 0 Å². The second-order valence-corrected chi connectivity index (χ2v) is 14.8. The Morgan fingerprint density at radius 1 is 0.333 bits per heavy atom. The molecule has 1 heteroatoms. The Kier molecular flexibility index (Phi) is 8.07. The van der Waals surface area contributed by atoms with Crippen molar-refractivity contribution in [2.45, 2.75) is 32.6 Å². The SMILES string of the molecule is Cc1cc2c(cc1-c1ccc(N(c3ccc(-c4ccccc4)cc3)c3ccc(-c4ccc5c6ccccc6c6ccccc6c5c4)cc3)cc1)CCCC2. The van der Waals surface area contributed by atoms with E-state index in [9.17, 15) is 0 Å². The zero-order chi connectivity index (χ0) is 36.0. The molecule has 0 spiro atoms. The normalized spacial score (nSPS) is 12.6. The first-order valence-electron chi connectivity index (χ1n) is 19.3. The fraction of sp³-hybridized carbons (Fsp3) is 0.0943. The molecular formula is C53H41N. The maximum Gasteiger partial charge on any atom is 0.0462 e. The second-order valence-electron chi connectivity index (χ2n) is 14.8. The van der Waals surface area contributed by atoms with Gasteiger partial charge in [-0.3, -0.25) is 0 Å². The first-order valence-corrected chi connectivity index (χ1v) is 19.3. The van der Waals surface area contributed by atoms with Gasteiger partial charge in [0.15, 0.2) is 0 Å². The van der Waals surface area contributed by atoms with Crippen LogP contribution in [0.1, 0.15) is 29.5 Å². The molecule has 1 aliphatic rings. The molecule has 0 atom stereocenters. The van der Waals surface area contributed by atoms with Crippen LogP contribution in [0.25, 0.3) is 65.7 Å². The summed E-state index contributed by atoms with van der Waals surface area (Å²) in [6.07, 6.45) is 5.00. The van der Waals surface area contributed by atoms with Crippen LogP contribution in [0.2, 0.25) is 0 Å². The maximum atomic E-state index is 2.45. The molecule has 0 N–H and O–H groups in total. The van der Waals surface area contributed by atoms with Crippen molar-refractivity contribution in [2.24, 2.45) is 0 Å². The topological polar surface area (TPSA) is 3.24 Å². The molecule has 0 saturated carbocycles. The van der Waals surface area contributed by atoms with Crippen molar-refractivity contribution in [3.8, 4) is 33.4 Å². The Labute approximate surface area is 317 Å². The Hall–Kier alpha value is -6.44. The lowest BCUT2D eigenvalue weighted by atomic mass is 9.86. The minimum Gasteiger partial charge on any atom is -0.311 e. The van der Waals surface area contributed by atoms with E-state index in [0.29, 0.717) is 0 Å². The van der Waals surface area contributed by atoms with E-state index in [2.05, 4.69) is 194 Å². The van der Waals surface area contributed by atoms with Crippen molar-refractivity contribution in [1.29, 1.82) is 0 Å². The summed E-state index contributed by atoms with van der Waals surface area (Å²) < 4.78 is 0. The summed E-state index contributed by atoms with van der Waals surface area (Å²) in [5, 5.41) is 7.79. The summed E-state index contributed by atoms with van der Waals surface area (Å²) in [6.45, 7) is 2.26. The molecular weight excluding hydrogens is 651 g/mol. The van der Waals surface area contributed by atoms with Crippen LogP contribution in [0, 0.1) is 6.92 Å². The van der Waals surface area contributed by atoms with Crippen molar-refractivity contribution in [3.63, 3.8) is 0 Å². The molecule has 0 aliphatic heterocycles. The van der Waals surface area contributed by atoms with E-state index in [1.165, 1.54) is 103 Å². The van der Waals surface area contributed by atoms with Crippen molar-refractivity contribution in [1.82, 2.24) is 0 Å². The summed E-state index contributed by atoms with van der Waals surface area (Å²) in [5.74, 6) is 0. The zero-order valence-electron chi connectivity index (χ0n) is 30.6. The fourth-order valence-electron chi connectivity index (χ4n) is 8.78. The van der Waals surface area contributed by atoms with Crippen molar-refractivity contribution in [3.05, 3.63) is 199 Å². The van der Waals surface area contributed by atoms with Gasteiger partial charge in [-0.15, -0.1) is 0 Å². The highest BCUT2D eigenvalue weighted by molar-refractivity contribution is 6.25. The molecule has 1 nitrogen and oxygen atoms in total. The number of fused-ring (bicyclic) bond motifs is 7. The Balaban J connectivity index is 1.04. The Bertz CT molecular complexity index is 2760. The highest BCUT2D eigenvalue weighted by atomic mass is 15.1. The first kappa shape index (κ1) is 32.2. The Morgan fingerprint density at radius 2 is 0.741 bits per heavy atom. The Morgan fingerprint density at radius 3 is 1.30 bits per heavy atom. The zero-order valence-corrected chi connectivity index (χ0v) is 30.6. The van der Waals surface area contributed by atoms with Gasteiger partial charge >= 0.3 is 0 Å². The largest absolute Gasteiger partial charge is 0.311 e. The number of nitrogens with zero attached hydrogens (tertiary/aromatic N) is 1. The summed E-state index contributed by atoms with van der Waals surface area (Å²) in [5.41, 5.74) is 15.3. The van der Waals surface area contributed by atoms with E-state index >= 15 is 0 Å². The summed E-state index contributed by atoms with van der Waals surface area (Å²) >= 11 is 0. The monoisotopic (exact) mass is 691 g/mol. The van der Waals surface area contributed by atoms with E-state index in [4.69, 9.17) is 0 Å². The lowest BCUT2D eigenvalue weighted by molar-refractivity contribution is 0.685. The van der Waals surface area contributed by atoms with Crippen LogP contribution < -0.4 is 4.90 Å². The van der Waals surface area contributed by atoms with Crippen LogP contribution in [-0.2, 0) is 12.8 Å². The number of benzene rings is 9. The smallest absolute Gasteiger partial charge is 0.0462 e. The molecule has 0 bridgehead atoms. The van der Waals surface area contributed by atoms with E-state index < -0.39 is 0 Å². The average molecular weight is 692 g/mol. The van der Waals surface area contributed by atoms with Crippen LogP contribution in [-0.4, -0.2) is 0 Å². The van der Waals surface area contributed by atoms with Crippen LogP contribution in [0.4, 0.5) is 17.1 Å². The molecule has 0 amide bonds. The van der Waals surface area contributed by atoms with Crippen molar-refractivity contribution >= 4 is 49.4 Å². The number of anilines is 3. The molecule has 0 saturated heterocycles. The van der Waals surface area contributed by atoms with Gasteiger partial charge in [-0.1, -0.05) is 140 Å². The summed E-state index contributed by atoms with van der Waals surface area (Å²) in [6, 6.07) is 67.3. The number of hydrogen-bond acceptors (Lipinski definition) is 1. The molecule has 9 aromatic rings. The minimum atomic E-state index is 1.13. The number of aryl methyl sites for hydroxylation is 3. The van der Waals surface area contributed by atoms with Gasteiger partial charge in [0.25, 0.3) is 0 Å². The van der Waals surface area contributed by atoms with Gasteiger partial charge in [0.2, 0.25) is 0 Å². The molecule has 0 radical (unpaired) electrons. The summed E-state index contributed by atoms with van der Waals surface area (Å²) in [7, 11) is 0. The molecule has 54 heavy (non-hydrogen) atoms. The quantitative estimate of drug-likeness (QED) is 0.157. The predicted octanol–water partition coefficient (Wildman–Crippen LogP) is 14.8. The maximum absolute atomic E-state index is 2.45. The number of rotatable bonds is 6. The second kappa shape index (κ2) is 13.5. The van der Waals surface area contributed by atoms with Crippen molar-refractivity contribution < 1.29 is 0 Å². The van der Waals surface area contributed by atoms with E-state index in [0.717, 1.165) is 17.1 Å². The number of hydrogen-bond donors (Lipinski definition) is 0. The van der Waals surface area contributed by atoms with E-state index in [1.54, 1.807) is 5.56 Å². The third kappa shape index (κ3) is 5.74. The van der Waals surface area contributed by atoms with Crippen LogP contribution in [0.5, 0.6) is 0 Å². The first-order chi connectivity index (χ1) is 26.7. The van der Waals surface area contributed by atoms with Gasteiger partial charge in [0, 0.05) is 17.1 Å². The minimum absolute atomic E-state index is 1.13. The lowest BCUT2D eigenvalue weighted by Crippen LogP contribution is -2.10. The third-order valence-electron chi connectivity index (χ3n) is 11.6. The predicted molar refractivity (Wildman–Crippen MR) is 231 cm³/mol. The highest BCUT2D eigenvalue weighted by Gasteiger charge is 2.17. The molecule has 9 aromatic carbocycles. The van der Waals surface area contributed by atoms with E-state index in [1.807, 2.05) is 0 Å². The average Bonchev–Trinajstić information content (AvgIpc) is 3.24. The third-order valence-corrected chi connectivity index (χ3v) is 11.6. The highest BCUT2D eigenvalue weighted by Crippen LogP contribution is 2.40. The van der Waals surface area contributed by atoms with Gasteiger partial charge in [0.05, 0.1) is 0 Å². The lowest BCUT2D eigenvalue weighted by Gasteiger charge is -2.26.